The molecule has 0 aromatic rings. The zero-order chi connectivity index (χ0) is 37.8. The molecule has 0 heterocycles. The molecule has 0 rings (SSSR count). The molecule has 11 nitrogen and oxygen atoms in total. The fraction of sp³-hybridized carbons (Fsp3) is 0.872. The van der Waals surface area contributed by atoms with E-state index in [4.69, 9.17) is 24.8 Å². The summed E-state index contributed by atoms with van der Waals surface area (Å²) in [5.41, 5.74) is 5.31. The van der Waals surface area contributed by atoms with Crippen molar-refractivity contribution in [2.75, 3.05) is 19.8 Å². The SMILES string of the molecule is CCCCCCCC/C=C/CCCCCCCCCCCC(=O)O[C@@H](COC(=O)CCCCCCCCCC)COP(=O)(O)OC[C@H](N)C(=O)O. The van der Waals surface area contributed by atoms with Gasteiger partial charge in [0.1, 0.15) is 12.6 Å². The minimum atomic E-state index is -4.70. The van der Waals surface area contributed by atoms with Crippen molar-refractivity contribution in [3.8, 4) is 0 Å². The monoisotopic (exact) mass is 748 g/mol. The van der Waals surface area contributed by atoms with Gasteiger partial charge < -0.3 is 25.2 Å². The van der Waals surface area contributed by atoms with Crippen LogP contribution in [0.15, 0.2) is 12.2 Å². The number of rotatable bonds is 38. The van der Waals surface area contributed by atoms with Crippen molar-refractivity contribution in [3.63, 3.8) is 0 Å². The van der Waals surface area contributed by atoms with Crippen LogP contribution in [0.1, 0.15) is 187 Å². The first kappa shape index (κ1) is 49.2. The fourth-order valence-electron chi connectivity index (χ4n) is 5.53. The molecule has 0 fully saturated rings. The summed E-state index contributed by atoms with van der Waals surface area (Å²) in [5, 5.41) is 8.85. The van der Waals surface area contributed by atoms with Gasteiger partial charge in [-0.2, -0.15) is 0 Å². The first-order valence-corrected chi connectivity index (χ1v) is 21.7. The number of nitrogens with two attached hydrogens (primary N) is 1. The minimum absolute atomic E-state index is 0.163. The molecule has 0 saturated carbocycles. The highest BCUT2D eigenvalue weighted by Crippen LogP contribution is 2.43. The van der Waals surface area contributed by atoms with Crippen LogP contribution < -0.4 is 5.73 Å². The molecule has 0 aliphatic heterocycles. The lowest BCUT2D eigenvalue weighted by Crippen LogP contribution is -2.34. The van der Waals surface area contributed by atoms with Crippen LogP contribution in [0.25, 0.3) is 0 Å². The van der Waals surface area contributed by atoms with E-state index >= 15 is 0 Å². The highest BCUT2D eigenvalue weighted by Gasteiger charge is 2.28. The Bertz CT molecular complexity index is 932. The zero-order valence-electron chi connectivity index (χ0n) is 32.2. The van der Waals surface area contributed by atoms with Crippen LogP contribution in [0.3, 0.4) is 0 Å². The molecule has 0 aromatic carbocycles. The summed E-state index contributed by atoms with van der Waals surface area (Å²) < 4.78 is 32.5. The van der Waals surface area contributed by atoms with E-state index in [-0.39, 0.29) is 19.4 Å². The van der Waals surface area contributed by atoms with Gasteiger partial charge in [0.25, 0.3) is 0 Å². The summed E-state index contributed by atoms with van der Waals surface area (Å²) in [6.45, 7) is 2.76. The van der Waals surface area contributed by atoms with Crippen molar-refractivity contribution in [2.24, 2.45) is 5.73 Å². The molecule has 0 spiro atoms. The van der Waals surface area contributed by atoms with Gasteiger partial charge in [0.15, 0.2) is 6.10 Å². The first-order valence-electron chi connectivity index (χ1n) is 20.2. The maximum atomic E-state index is 12.6. The van der Waals surface area contributed by atoms with E-state index in [1.165, 1.54) is 109 Å². The molecular formula is C39H74NO10P. The maximum absolute atomic E-state index is 12.6. The Morgan fingerprint density at radius 3 is 1.43 bits per heavy atom. The largest absolute Gasteiger partial charge is 0.480 e. The fourth-order valence-corrected chi connectivity index (χ4v) is 6.31. The van der Waals surface area contributed by atoms with Crippen LogP contribution in [0, 0.1) is 0 Å². The van der Waals surface area contributed by atoms with Crippen molar-refractivity contribution in [1.29, 1.82) is 0 Å². The van der Waals surface area contributed by atoms with Crippen LogP contribution in [0.5, 0.6) is 0 Å². The van der Waals surface area contributed by atoms with Crippen molar-refractivity contribution in [1.82, 2.24) is 0 Å². The number of unbranched alkanes of at least 4 members (excludes halogenated alkanes) is 22. The molecule has 300 valence electrons. The molecule has 0 amide bonds. The Balaban J connectivity index is 4.29. The summed E-state index contributed by atoms with van der Waals surface area (Å²) in [5.74, 6) is -2.38. The van der Waals surface area contributed by atoms with E-state index in [0.717, 1.165) is 38.5 Å². The quantitative estimate of drug-likeness (QED) is 0.0237. The van der Waals surface area contributed by atoms with Gasteiger partial charge in [-0.15, -0.1) is 0 Å². The number of esters is 2. The second kappa shape index (κ2) is 35.3. The number of phosphoric ester groups is 1. The molecule has 1 unspecified atom stereocenters. The third-order valence-electron chi connectivity index (χ3n) is 8.76. The van der Waals surface area contributed by atoms with E-state index in [9.17, 15) is 23.8 Å². The Morgan fingerprint density at radius 2 is 0.980 bits per heavy atom. The zero-order valence-corrected chi connectivity index (χ0v) is 33.1. The lowest BCUT2D eigenvalue weighted by atomic mass is 10.1. The predicted molar refractivity (Wildman–Crippen MR) is 203 cm³/mol. The Labute approximate surface area is 309 Å². The van der Waals surface area contributed by atoms with E-state index in [2.05, 4.69) is 30.5 Å². The molecule has 51 heavy (non-hydrogen) atoms. The van der Waals surface area contributed by atoms with Gasteiger partial charge in [-0.05, 0) is 38.5 Å². The highest BCUT2D eigenvalue weighted by atomic mass is 31.2. The topological polar surface area (TPSA) is 172 Å². The molecule has 0 aromatic heterocycles. The summed E-state index contributed by atoms with van der Waals surface area (Å²) in [6, 6.07) is -1.52. The Kier molecular flexibility index (Phi) is 34.0. The number of ether oxygens (including phenoxy) is 2. The molecule has 0 aliphatic rings. The lowest BCUT2D eigenvalue weighted by Gasteiger charge is -2.20. The average Bonchev–Trinajstić information content (AvgIpc) is 3.10. The van der Waals surface area contributed by atoms with Crippen LogP contribution in [0.4, 0.5) is 0 Å². The number of aliphatic carboxylic acids is 1. The molecule has 3 atom stereocenters. The number of carboxylic acids is 1. The van der Waals surface area contributed by atoms with Gasteiger partial charge in [-0.25, -0.2) is 4.57 Å². The lowest BCUT2D eigenvalue weighted by molar-refractivity contribution is -0.161. The standard InChI is InChI=1S/C39H74NO10P/c1-3-5-7-9-11-13-14-15-16-17-18-19-20-21-22-23-25-27-29-31-38(42)50-35(33-48-51(45,46)49-34-36(40)39(43)44)32-47-37(41)30-28-26-24-12-10-8-6-4-2/h15-16,35-36H,3-14,17-34,40H2,1-2H3,(H,43,44)(H,45,46)/b16-15+/t35-,36-/m0/s1. The highest BCUT2D eigenvalue weighted by molar-refractivity contribution is 7.47. The van der Waals surface area contributed by atoms with Gasteiger partial charge in [-0.1, -0.05) is 148 Å². The van der Waals surface area contributed by atoms with Gasteiger partial charge >= 0.3 is 25.7 Å². The number of allylic oxidation sites excluding steroid dienone is 2. The number of carbonyl (C=O) groups excluding carboxylic acids is 2. The van der Waals surface area contributed by atoms with E-state index in [1.807, 2.05) is 0 Å². The van der Waals surface area contributed by atoms with Crippen LogP contribution in [-0.4, -0.2) is 59.9 Å². The second-order valence-corrected chi connectivity index (χ2v) is 15.2. The summed E-state index contributed by atoms with van der Waals surface area (Å²) in [4.78, 5) is 45.7. The van der Waals surface area contributed by atoms with Crippen molar-refractivity contribution >= 4 is 25.7 Å². The Morgan fingerprint density at radius 1 is 0.588 bits per heavy atom. The molecule has 0 radical (unpaired) electrons. The third kappa shape index (κ3) is 35.0. The summed E-state index contributed by atoms with van der Waals surface area (Å²) >= 11 is 0. The first-order chi connectivity index (χ1) is 24.6. The number of carboxylic acid groups (broad SMARTS) is 1. The normalized spacial score (nSPS) is 14.0. The molecular weight excluding hydrogens is 673 g/mol. The van der Waals surface area contributed by atoms with Crippen molar-refractivity contribution in [2.45, 2.75) is 199 Å². The van der Waals surface area contributed by atoms with E-state index < -0.39 is 51.1 Å². The predicted octanol–water partition coefficient (Wildman–Crippen LogP) is 10.1. The van der Waals surface area contributed by atoms with Crippen LogP contribution >= 0.6 is 7.82 Å². The minimum Gasteiger partial charge on any atom is -0.480 e. The number of hydrogen-bond donors (Lipinski definition) is 3. The number of phosphoric acid groups is 1. The van der Waals surface area contributed by atoms with Crippen LogP contribution in [-0.2, 0) is 37.5 Å². The summed E-state index contributed by atoms with van der Waals surface area (Å²) in [6.07, 6.45) is 33.0. The second-order valence-electron chi connectivity index (χ2n) is 13.8. The van der Waals surface area contributed by atoms with E-state index in [0.29, 0.717) is 12.8 Å². The molecule has 0 saturated heterocycles. The van der Waals surface area contributed by atoms with Gasteiger partial charge in [0, 0.05) is 12.8 Å². The van der Waals surface area contributed by atoms with E-state index in [1.54, 1.807) is 0 Å². The van der Waals surface area contributed by atoms with Gasteiger partial charge in [0.2, 0.25) is 0 Å². The molecule has 0 bridgehead atoms. The maximum Gasteiger partial charge on any atom is 0.472 e. The number of carbonyl (C=O) groups is 3. The van der Waals surface area contributed by atoms with Crippen molar-refractivity contribution in [3.05, 3.63) is 12.2 Å². The number of hydrogen-bond acceptors (Lipinski definition) is 9. The molecule has 0 aliphatic carbocycles. The average molecular weight is 748 g/mol. The smallest absolute Gasteiger partial charge is 0.472 e. The molecule has 12 heteroatoms. The Hall–Kier alpha value is -1.78. The summed E-state index contributed by atoms with van der Waals surface area (Å²) in [7, 11) is -4.70. The molecule has 4 N–H and O–H groups in total. The van der Waals surface area contributed by atoms with Gasteiger partial charge in [-0.3, -0.25) is 23.4 Å². The van der Waals surface area contributed by atoms with Crippen LogP contribution in [0.2, 0.25) is 0 Å². The van der Waals surface area contributed by atoms with Gasteiger partial charge in [0.05, 0.1) is 13.2 Å². The van der Waals surface area contributed by atoms with Crippen molar-refractivity contribution < 1.29 is 47.5 Å². The third-order valence-corrected chi connectivity index (χ3v) is 9.71.